The maximum atomic E-state index is 11.5. The molecule has 1 N–H and O–H groups in total. The number of hydrogen-bond acceptors (Lipinski definition) is 6. The molecule has 1 fully saturated rings. The van der Waals surface area contributed by atoms with Crippen LogP contribution in [0.2, 0.25) is 0 Å². The van der Waals surface area contributed by atoms with Crippen LogP contribution in [0.5, 0.6) is 0 Å². The second kappa shape index (κ2) is 7.37. The Morgan fingerprint density at radius 3 is 1.72 bits per heavy atom. The highest BCUT2D eigenvalue weighted by Gasteiger charge is 2.33. The number of rotatable bonds is 5. The number of nitrogens with zero attached hydrogens (tertiary/aromatic N) is 3. The summed E-state index contributed by atoms with van der Waals surface area (Å²) in [4.78, 5) is 24.2. The first kappa shape index (κ1) is 17.0. The highest BCUT2D eigenvalue weighted by molar-refractivity contribution is 5.52. The van der Waals surface area contributed by atoms with E-state index in [1.165, 1.54) is 12.1 Å². The van der Waals surface area contributed by atoms with Crippen molar-refractivity contribution in [1.29, 1.82) is 0 Å². The molecular weight excluding hydrogens is 324 g/mol. The van der Waals surface area contributed by atoms with Gasteiger partial charge in [0.2, 0.25) is 0 Å². The zero-order valence-corrected chi connectivity index (χ0v) is 13.5. The number of piperazine rings is 1. The van der Waals surface area contributed by atoms with Gasteiger partial charge in [-0.25, -0.2) is 0 Å². The minimum Gasteiger partial charge on any atom is -0.314 e. The van der Waals surface area contributed by atoms with Gasteiger partial charge >= 0.3 is 0 Å². The third-order valence-electron chi connectivity index (χ3n) is 4.37. The predicted octanol–water partition coefficient (Wildman–Crippen LogP) is 2.50. The maximum Gasteiger partial charge on any atom is 0.274 e. The topological polar surface area (TPSA) is 102 Å². The molecular formula is C17H18N4O4. The van der Waals surface area contributed by atoms with Gasteiger partial charge in [0, 0.05) is 38.3 Å². The quantitative estimate of drug-likeness (QED) is 0.662. The number of hydrogen-bond donors (Lipinski definition) is 1. The van der Waals surface area contributed by atoms with Crippen LogP contribution in [0.1, 0.15) is 17.2 Å². The van der Waals surface area contributed by atoms with Crippen LogP contribution in [0, 0.1) is 20.2 Å². The highest BCUT2D eigenvalue weighted by atomic mass is 16.6. The molecule has 2 aromatic rings. The average molecular weight is 342 g/mol. The van der Waals surface area contributed by atoms with Gasteiger partial charge in [0.1, 0.15) is 0 Å². The van der Waals surface area contributed by atoms with Crippen molar-refractivity contribution in [3.63, 3.8) is 0 Å². The fourth-order valence-corrected chi connectivity index (χ4v) is 3.27. The summed E-state index contributed by atoms with van der Waals surface area (Å²) in [6, 6.07) is 12.4. The molecule has 0 aromatic heterocycles. The first-order valence-electron chi connectivity index (χ1n) is 8.01. The van der Waals surface area contributed by atoms with Crippen LogP contribution in [-0.2, 0) is 0 Å². The summed E-state index contributed by atoms with van der Waals surface area (Å²) < 4.78 is 0. The van der Waals surface area contributed by atoms with Gasteiger partial charge in [0.25, 0.3) is 11.4 Å². The van der Waals surface area contributed by atoms with Gasteiger partial charge in [-0.15, -0.1) is 0 Å². The summed E-state index contributed by atoms with van der Waals surface area (Å²) in [7, 11) is 0. The Bertz CT molecular complexity index is 732. The van der Waals surface area contributed by atoms with Crippen LogP contribution in [0.4, 0.5) is 11.4 Å². The van der Waals surface area contributed by atoms with Gasteiger partial charge in [-0.1, -0.05) is 36.4 Å². The monoisotopic (exact) mass is 342 g/mol. The molecule has 0 unspecified atom stereocenters. The second-order valence-corrected chi connectivity index (χ2v) is 5.82. The summed E-state index contributed by atoms with van der Waals surface area (Å²) in [6.07, 6.45) is 0. The molecule has 1 heterocycles. The molecule has 8 heteroatoms. The normalized spacial score (nSPS) is 15.2. The number of benzene rings is 2. The average Bonchev–Trinajstić information content (AvgIpc) is 2.63. The summed E-state index contributed by atoms with van der Waals surface area (Å²) in [5, 5.41) is 26.2. The molecule has 0 atom stereocenters. The molecule has 0 bridgehead atoms. The summed E-state index contributed by atoms with van der Waals surface area (Å²) in [6.45, 7) is 2.78. The van der Waals surface area contributed by atoms with Crippen molar-refractivity contribution in [2.75, 3.05) is 26.2 Å². The van der Waals surface area contributed by atoms with Crippen LogP contribution in [-0.4, -0.2) is 40.9 Å². The largest absolute Gasteiger partial charge is 0.314 e. The van der Waals surface area contributed by atoms with E-state index in [1.54, 1.807) is 36.4 Å². The van der Waals surface area contributed by atoms with Crippen LogP contribution >= 0.6 is 0 Å². The molecule has 2 aromatic carbocycles. The smallest absolute Gasteiger partial charge is 0.274 e. The van der Waals surface area contributed by atoms with Crippen LogP contribution in [0.25, 0.3) is 0 Å². The van der Waals surface area contributed by atoms with E-state index in [0.717, 1.165) is 13.1 Å². The lowest BCUT2D eigenvalue weighted by Crippen LogP contribution is -2.45. The minimum atomic E-state index is -0.537. The van der Waals surface area contributed by atoms with E-state index in [0.29, 0.717) is 24.2 Å². The number of para-hydroxylation sites is 2. The fraction of sp³-hybridized carbons (Fsp3) is 0.294. The van der Waals surface area contributed by atoms with Gasteiger partial charge in [0.05, 0.1) is 27.0 Å². The van der Waals surface area contributed by atoms with Crippen LogP contribution in [0.15, 0.2) is 48.5 Å². The molecule has 0 amide bonds. The Morgan fingerprint density at radius 2 is 1.28 bits per heavy atom. The van der Waals surface area contributed by atoms with Gasteiger partial charge in [-0.2, -0.15) is 0 Å². The molecule has 1 saturated heterocycles. The number of nitro benzene ring substituents is 2. The predicted molar refractivity (Wildman–Crippen MR) is 92.5 cm³/mol. The molecule has 0 spiro atoms. The number of nitro groups is 2. The molecule has 130 valence electrons. The van der Waals surface area contributed by atoms with Crippen molar-refractivity contribution in [3.8, 4) is 0 Å². The molecule has 1 aliphatic heterocycles. The summed E-state index contributed by atoms with van der Waals surface area (Å²) >= 11 is 0. The Kier molecular flexibility index (Phi) is 5.01. The first-order chi connectivity index (χ1) is 12.1. The number of nitrogens with one attached hydrogen (secondary N) is 1. The van der Waals surface area contributed by atoms with E-state index in [-0.39, 0.29) is 11.4 Å². The molecule has 0 saturated carbocycles. The van der Waals surface area contributed by atoms with Crippen molar-refractivity contribution in [3.05, 3.63) is 79.9 Å². The van der Waals surface area contributed by atoms with E-state index in [1.807, 2.05) is 0 Å². The lowest BCUT2D eigenvalue weighted by Gasteiger charge is -2.35. The molecule has 25 heavy (non-hydrogen) atoms. The van der Waals surface area contributed by atoms with E-state index in [4.69, 9.17) is 0 Å². The zero-order chi connectivity index (χ0) is 17.8. The Labute approximate surface area is 144 Å². The Balaban J connectivity index is 2.18. The minimum absolute atomic E-state index is 0.0239. The third-order valence-corrected chi connectivity index (χ3v) is 4.37. The van der Waals surface area contributed by atoms with Crippen LogP contribution < -0.4 is 5.32 Å². The van der Waals surface area contributed by atoms with Gasteiger partial charge in [0.15, 0.2) is 0 Å². The van der Waals surface area contributed by atoms with Crippen molar-refractivity contribution in [2.45, 2.75) is 6.04 Å². The SMILES string of the molecule is O=[N+]([O-])c1ccccc1C(c1ccccc1[N+](=O)[O-])N1CCNCC1. The van der Waals surface area contributed by atoms with E-state index in [9.17, 15) is 20.2 Å². The summed E-state index contributed by atoms with van der Waals surface area (Å²) in [5.41, 5.74) is 0.903. The van der Waals surface area contributed by atoms with Crippen molar-refractivity contribution < 1.29 is 9.85 Å². The van der Waals surface area contributed by atoms with Crippen molar-refractivity contribution in [1.82, 2.24) is 10.2 Å². The molecule has 3 rings (SSSR count). The lowest BCUT2D eigenvalue weighted by atomic mass is 9.93. The van der Waals surface area contributed by atoms with Crippen molar-refractivity contribution in [2.24, 2.45) is 0 Å². The fourth-order valence-electron chi connectivity index (χ4n) is 3.27. The Morgan fingerprint density at radius 1 is 0.840 bits per heavy atom. The highest BCUT2D eigenvalue weighted by Crippen LogP contribution is 2.38. The second-order valence-electron chi connectivity index (χ2n) is 5.82. The standard InChI is InChI=1S/C17H18N4O4/c22-20(23)15-7-3-1-5-13(15)17(19-11-9-18-10-12-19)14-6-2-4-8-16(14)21(24)25/h1-8,17-18H,9-12H2. The van der Waals surface area contributed by atoms with Crippen molar-refractivity contribution >= 4 is 11.4 Å². The van der Waals surface area contributed by atoms with Gasteiger partial charge in [-0.3, -0.25) is 25.1 Å². The molecule has 0 radical (unpaired) electrons. The van der Waals surface area contributed by atoms with Gasteiger partial charge < -0.3 is 5.32 Å². The zero-order valence-electron chi connectivity index (χ0n) is 13.5. The lowest BCUT2D eigenvalue weighted by molar-refractivity contribution is -0.387. The summed E-state index contributed by atoms with van der Waals surface area (Å²) in [5.74, 6) is 0. The Hall–Kier alpha value is -2.84. The molecule has 1 aliphatic rings. The van der Waals surface area contributed by atoms with Gasteiger partial charge in [-0.05, 0) is 0 Å². The maximum absolute atomic E-state index is 11.5. The van der Waals surface area contributed by atoms with E-state index in [2.05, 4.69) is 10.2 Å². The third kappa shape index (κ3) is 3.49. The molecule has 8 nitrogen and oxygen atoms in total. The van der Waals surface area contributed by atoms with Crippen LogP contribution in [0.3, 0.4) is 0 Å². The first-order valence-corrected chi connectivity index (χ1v) is 8.01. The van der Waals surface area contributed by atoms with E-state index >= 15 is 0 Å². The molecule has 0 aliphatic carbocycles. The van der Waals surface area contributed by atoms with E-state index < -0.39 is 15.9 Å².